The van der Waals surface area contributed by atoms with Crippen LogP contribution in [0.25, 0.3) is 0 Å². The fourth-order valence-electron chi connectivity index (χ4n) is 3.21. The van der Waals surface area contributed by atoms with E-state index in [1.54, 1.807) is 12.3 Å². The van der Waals surface area contributed by atoms with Gasteiger partial charge < -0.3 is 5.32 Å². The minimum Gasteiger partial charge on any atom is -0.366 e. The van der Waals surface area contributed by atoms with Crippen LogP contribution in [0.1, 0.15) is 45.7 Å². The summed E-state index contributed by atoms with van der Waals surface area (Å²) in [5.41, 5.74) is 0.860. The predicted molar refractivity (Wildman–Crippen MR) is 123 cm³/mol. The summed E-state index contributed by atoms with van der Waals surface area (Å²) in [5, 5.41) is 5.46. The molecule has 0 aliphatic carbocycles. The van der Waals surface area contributed by atoms with Crippen molar-refractivity contribution < 1.29 is 0 Å². The molecule has 0 bridgehead atoms. The van der Waals surface area contributed by atoms with Crippen molar-refractivity contribution in [3.05, 3.63) is 52.8 Å². The quantitative estimate of drug-likeness (QED) is 0.386. The topological polar surface area (TPSA) is 37.8 Å². The van der Waals surface area contributed by atoms with Gasteiger partial charge in [-0.25, -0.2) is 9.97 Å². The molecule has 3 nitrogen and oxygen atoms in total. The lowest BCUT2D eigenvalue weighted by atomic mass is 9.86. The van der Waals surface area contributed by atoms with Crippen LogP contribution in [-0.2, 0) is 0 Å². The first-order valence-electron chi connectivity index (χ1n) is 9.68. The van der Waals surface area contributed by atoms with E-state index in [1.165, 1.54) is 18.2 Å². The van der Waals surface area contributed by atoms with E-state index in [2.05, 4.69) is 37.7 Å². The van der Waals surface area contributed by atoms with E-state index in [-0.39, 0.29) is 0 Å². The van der Waals surface area contributed by atoms with E-state index >= 15 is 0 Å². The maximum Gasteiger partial charge on any atom is 0.145 e. The molecule has 0 amide bonds. The Labute approximate surface area is 183 Å². The average molecular weight is 438 g/mol. The van der Waals surface area contributed by atoms with Gasteiger partial charge in [-0.3, -0.25) is 0 Å². The average Bonchev–Trinajstić information content (AvgIpc) is 2.65. The van der Waals surface area contributed by atoms with Crippen molar-refractivity contribution in [3.8, 4) is 0 Å². The van der Waals surface area contributed by atoms with Crippen LogP contribution in [-0.4, -0.2) is 16.0 Å². The normalized spacial score (nSPS) is 13.4. The van der Waals surface area contributed by atoms with Crippen molar-refractivity contribution in [2.45, 2.75) is 62.9 Å². The summed E-state index contributed by atoms with van der Waals surface area (Å²) < 4.78 is 0. The molecule has 0 spiro atoms. The van der Waals surface area contributed by atoms with Gasteiger partial charge in [-0.05, 0) is 43.7 Å². The lowest BCUT2D eigenvalue weighted by Crippen LogP contribution is -2.25. The van der Waals surface area contributed by atoms with Crippen LogP contribution in [0.2, 0.25) is 10.0 Å². The molecule has 2 atom stereocenters. The monoisotopic (exact) mass is 437 g/mol. The zero-order valence-corrected chi connectivity index (χ0v) is 19.3. The number of nitrogens with zero attached hydrogens (tertiary/aromatic N) is 2. The molecular weight excluding hydrogens is 409 g/mol. The Kier molecular flexibility index (Phi) is 9.13. The molecule has 0 saturated heterocycles. The highest BCUT2D eigenvalue weighted by atomic mass is 35.5. The summed E-state index contributed by atoms with van der Waals surface area (Å²) in [6, 6.07) is 5.90. The van der Waals surface area contributed by atoms with Gasteiger partial charge in [-0.1, -0.05) is 74.3 Å². The molecule has 2 aromatic rings. The van der Waals surface area contributed by atoms with Gasteiger partial charge >= 0.3 is 0 Å². The van der Waals surface area contributed by atoms with E-state index in [0.29, 0.717) is 27.9 Å². The molecule has 1 aromatic carbocycles. The van der Waals surface area contributed by atoms with Gasteiger partial charge in [-0.2, -0.15) is 0 Å². The van der Waals surface area contributed by atoms with E-state index < -0.39 is 0 Å². The maximum atomic E-state index is 6.30. The van der Waals surface area contributed by atoms with Gasteiger partial charge in [0.25, 0.3) is 0 Å². The van der Waals surface area contributed by atoms with Crippen molar-refractivity contribution in [2.24, 2.45) is 11.8 Å². The zero-order valence-electron chi connectivity index (χ0n) is 17.0. The molecule has 2 rings (SSSR count). The first kappa shape index (κ1) is 23.1. The predicted octanol–water partition coefficient (Wildman–Crippen LogP) is 7.67. The summed E-state index contributed by atoms with van der Waals surface area (Å²) in [6.07, 6.45) is 6.93. The summed E-state index contributed by atoms with van der Waals surface area (Å²) >= 11 is 13.9. The lowest BCUT2D eigenvalue weighted by molar-refractivity contribution is 0.330. The molecule has 0 aliphatic rings. The maximum absolute atomic E-state index is 6.30. The third-order valence-electron chi connectivity index (χ3n) is 4.88. The van der Waals surface area contributed by atoms with Gasteiger partial charge in [0.2, 0.25) is 0 Å². The number of hydrogen-bond donors (Lipinski definition) is 1. The van der Waals surface area contributed by atoms with Crippen LogP contribution in [0.4, 0.5) is 5.82 Å². The third-order valence-corrected chi connectivity index (χ3v) is 6.97. The second-order valence-electron chi connectivity index (χ2n) is 7.31. The van der Waals surface area contributed by atoms with Crippen molar-refractivity contribution >= 4 is 40.8 Å². The SMILES string of the molecule is C=CCC(CC(CC)C(C)C)Nc1cnc(Sc2cccc(Cl)c2Cl)c(C)n1. The number of nitrogens with one attached hydrogen (secondary N) is 1. The fraction of sp³-hybridized carbons (Fsp3) is 0.455. The largest absolute Gasteiger partial charge is 0.366 e. The van der Waals surface area contributed by atoms with Crippen LogP contribution in [0.5, 0.6) is 0 Å². The van der Waals surface area contributed by atoms with Gasteiger partial charge in [0.1, 0.15) is 10.8 Å². The highest BCUT2D eigenvalue weighted by molar-refractivity contribution is 7.99. The summed E-state index contributed by atoms with van der Waals surface area (Å²) in [7, 11) is 0. The first-order chi connectivity index (χ1) is 13.3. The number of anilines is 1. The highest BCUT2D eigenvalue weighted by Gasteiger charge is 2.18. The number of benzene rings is 1. The van der Waals surface area contributed by atoms with E-state index in [1.807, 2.05) is 25.1 Å². The first-order valence-corrected chi connectivity index (χ1v) is 11.3. The van der Waals surface area contributed by atoms with Crippen LogP contribution in [0.3, 0.4) is 0 Å². The molecular formula is C22H29Cl2N3S. The Balaban J connectivity index is 2.13. The van der Waals surface area contributed by atoms with Crippen LogP contribution in [0, 0.1) is 18.8 Å². The molecule has 0 saturated carbocycles. The molecule has 1 heterocycles. The van der Waals surface area contributed by atoms with Gasteiger partial charge in [-0.15, -0.1) is 6.58 Å². The highest BCUT2D eigenvalue weighted by Crippen LogP contribution is 2.37. The minimum atomic E-state index is 0.305. The Morgan fingerprint density at radius 2 is 2.04 bits per heavy atom. The van der Waals surface area contributed by atoms with Crippen molar-refractivity contribution in [2.75, 3.05) is 5.32 Å². The zero-order chi connectivity index (χ0) is 20.7. The number of halogens is 2. The Bertz CT molecular complexity index is 795. The molecule has 152 valence electrons. The molecule has 0 radical (unpaired) electrons. The van der Waals surface area contributed by atoms with E-state index in [0.717, 1.165) is 34.3 Å². The van der Waals surface area contributed by atoms with Gasteiger partial charge in [0.15, 0.2) is 0 Å². The van der Waals surface area contributed by atoms with E-state index in [4.69, 9.17) is 28.2 Å². The minimum absolute atomic E-state index is 0.305. The second kappa shape index (κ2) is 11.1. The van der Waals surface area contributed by atoms with Crippen LogP contribution < -0.4 is 5.32 Å². The van der Waals surface area contributed by atoms with E-state index in [9.17, 15) is 0 Å². The Morgan fingerprint density at radius 1 is 1.29 bits per heavy atom. The van der Waals surface area contributed by atoms with Crippen molar-refractivity contribution in [1.29, 1.82) is 0 Å². The van der Waals surface area contributed by atoms with Crippen molar-refractivity contribution in [1.82, 2.24) is 9.97 Å². The molecule has 28 heavy (non-hydrogen) atoms. The number of rotatable bonds is 10. The Morgan fingerprint density at radius 3 is 2.64 bits per heavy atom. The molecule has 2 unspecified atom stereocenters. The summed E-state index contributed by atoms with van der Waals surface area (Å²) in [6.45, 7) is 12.7. The standard InChI is InChI=1S/C22H29Cl2N3S/c1-6-9-17(12-16(7-2)14(3)4)27-20-13-25-22(15(5)26-20)28-19-11-8-10-18(23)21(19)24/h6,8,10-11,13-14,16-17H,1,7,9,12H2,2-5H3,(H,26,27). The van der Waals surface area contributed by atoms with Crippen molar-refractivity contribution in [3.63, 3.8) is 0 Å². The number of aromatic nitrogens is 2. The number of hydrogen-bond acceptors (Lipinski definition) is 4. The Hall–Kier alpha value is -1.23. The fourth-order valence-corrected chi connectivity index (χ4v) is 4.53. The molecule has 0 fully saturated rings. The molecule has 1 aromatic heterocycles. The third kappa shape index (κ3) is 6.40. The van der Waals surface area contributed by atoms with Gasteiger partial charge in [0.05, 0.1) is 21.9 Å². The van der Waals surface area contributed by atoms with Gasteiger partial charge in [0, 0.05) is 10.9 Å². The summed E-state index contributed by atoms with van der Waals surface area (Å²) in [5.74, 6) is 2.13. The second-order valence-corrected chi connectivity index (χ2v) is 9.13. The molecule has 6 heteroatoms. The smallest absolute Gasteiger partial charge is 0.145 e. The summed E-state index contributed by atoms with van der Waals surface area (Å²) in [4.78, 5) is 10.2. The lowest BCUT2D eigenvalue weighted by Gasteiger charge is -2.26. The number of aryl methyl sites for hydroxylation is 1. The van der Waals surface area contributed by atoms with Crippen LogP contribution in [0.15, 0.2) is 47.0 Å². The van der Waals surface area contributed by atoms with Crippen LogP contribution >= 0.6 is 35.0 Å². The molecule has 0 aliphatic heterocycles. The molecule has 1 N–H and O–H groups in total.